The molecule has 252 valence electrons. The van der Waals surface area contributed by atoms with Crippen molar-refractivity contribution in [2.75, 3.05) is 0 Å². The Morgan fingerprint density at radius 2 is 0.914 bits per heavy atom. The molecule has 0 N–H and O–H groups in total. The van der Waals surface area contributed by atoms with Gasteiger partial charge in [0.25, 0.3) is 0 Å². The van der Waals surface area contributed by atoms with E-state index in [9.17, 15) is 0 Å². The summed E-state index contributed by atoms with van der Waals surface area (Å²) in [4.78, 5) is 5.03. The van der Waals surface area contributed by atoms with Gasteiger partial charge in [-0.15, -0.1) is 21.9 Å². The zero-order valence-corrected chi connectivity index (χ0v) is 32.1. The standard InChI is InChI=1S/C48H26B8N2/c1-48(2)29-13-7-6-12-27(29)28-21-18-25(22-30(28)48)34-37-35(39(49)43(53)45(55)41(37)51)33(36-38(34)42(52)46(56)44(54)40(36)50)23-16-19-26(20-17-23)58-32-15-9-8-14-31(32)57-47(58)24-10-4-3-5-11-24/h3-22H,1-2H3. The van der Waals surface area contributed by atoms with Gasteiger partial charge in [-0.2, -0.15) is 0 Å². The minimum absolute atomic E-state index is 0.172. The molecule has 16 radical (unpaired) electrons. The number of rotatable bonds is 4. The van der Waals surface area contributed by atoms with E-state index in [1.54, 1.807) is 0 Å². The summed E-state index contributed by atoms with van der Waals surface area (Å²) in [6.07, 6.45) is 0. The second kappa shape index (κ2) is 13.1. The molecule has 58 heavy (non-hydrogen) atoms. The number of nitrogens with zero attached hydrogens (tertiary/aromatic N) is 2. The van der Waals surface area contributed by atoms with Crippen LogP contribution < -0.4 is 43.7 Å². The van der Waals surface area contributed by atoms with Crippen molar-refractivity contribution in [2.24, 2.45) is 0 Å². The van der Waals surface area contributed by atoms with E-state index in [-0.39, 0.29) is 49.1 Å². The van der Waals surface area contributed by atoms with Crippen LogP contribution in [-0.2, 0) is 5.41 Å². The van der Waals surface area contributed by atoms with Crippen LogP contribution in [0.1, 0.15) is 25.0 Å². The summed E-state index contributed by atoms with van der Waals surface area (Å²) in [6, 6.07) is 41.2. The molecule has 0 fully saturated rings. The quantitative estimate of drug-likeness (QED) is 0.203. The molecule has 1 aliphatic rings. The molecule has 0 bridgehead atoms. The van der Waals surface area contributed by atoms with Crippen molar-refractivity contribution in [1.29, 1.82) is 0 Å². The molecule has 0 saturated heterocycles. The van der Waals surface area contributed by atoms with Crippen LogP contribution in [0.25, 0.3) is 83.0 Å². The number of imidazole rings is 1. The molecule has 1 heterocycles. The molecule has 10 rings (SSSR count). The van der Waals surface area contributed by atoms with Crippen molar-refractivity contribution in [3.63, 3.8) is 0 Å². The average Bonchev–Trinajstić information content (AvgIpc) is 3.75. The molecule has 9 aromatic rings. The van der Waals surface area contributed by atoms with Crippen molar-refractivity contribution in [2.45, 2.75) is 19.3 Å². The highest BCUT2D eigenvalue weighted by molar-refractivity contribution is 6.71. The third-order valence-corrected chi connectivity index (χ3v) is 12.2. The lowest BCUT2D eigenvalue weighted by molar-refractivity contribution is 0.660. The van der Waals surface area contributed by atoms with E-state index in [1.165, 1.54) is 11.1 Å². The molecule has 1 aromatic heterocycles. The maximum absolute atomic E-state index is 7.07. The van der Waals surface area contributed by atoms with Crippen molar-refractivity contribution < 1.29 is 0 Å². The number of fused-ring (bicyclic) bond motifs is 6. The highest BCUT2D eigenvalue weighted by Gasteiger charge is 2.36. The topological polar surface area (TPSA) is 17.8 Å². The van der Waals surface area contributed by atoms with Crippen LogP contribution in [0.4, 0.5) is 0 Å². The van der Waals surface area contributed by atoms with E-state index in [4.69, 9.17) is 67.8 Å². The van der Waals surface area contributed by atoms with Crippen molar-refractivity contribution >= 4 is 139 Å². The van der Waals surface area contributed by atoms with Gasteiger partial charge in [-0.05, 0) is 96.4 Å². The third-order valence-electron chi connectivity index (χ3n) is 12.2. The first kappa shape index (κ1) is 36.6. The fraction of sp³-hybridized carbons (Fsp3) is 0.0625. The fourth-order valence-corrected chi connectivity index (χ4v) is 9.23. The lowest BCUT2D eigenvalue weighted by atomic mass is 9.59. The highest BCUT2D eigenvalue weighted by atomic mass is 15.1. The molecule has 0 atom stereocenters. The van der Waals surface area contributed by atoms with E-state index >= 15 is 0 Å². The second-order valence-electron chi connectivity index (χ2n) is 15.7. The van der Waals surface area contributed by atoms with Gasteiger partial charge >= 0.3 is 0 Å². The Kier molecular flexibility index (Phi) is 8.30. The first-order valence-corrected chi connectivity index (χ1v) is 19.1. The number of para-hydroxylation sites is 2. The van der Waals surface area contributed by atoms with Crippen LogP contribution in [-0.4, -0.2) is 72.3 Å². The summed E-state index contributed by atoms with van der Waals surface area (Å²) >= 11 is 0. The summed E-state index contributed by atoms with van der Waals surface area (Å²) in [6.45, 7) is 4.46. The Bertz CT molecular complexity index is 3140. The normalized spacial score (nSPS) is 13.0. The maximum atomic E-state index is 7.07. The fourth-order valence-electron chi connectivity index (χ4n) is 9.23. The van der Waals surface area contributed by atoms with Gasteiger partial charge in [-0.3, -0.25) is 4.57 Å². The minimum Gasteiger partial charge on any atom is -0.292 e. The highest BCUT2D eigenvalue weighted by Crippen LogP contribution is 2.50. The van der Waals surface area contributed by atoms with Gasteiger partial charge in [0.15, 0.2) is 0 Å². The number of hydrogen-bond acceptors (Lipinski definition) is 1. The van der Waals surface area contributed by atoms with Crippen molar-refractivity contribution in [3.05, 3.63) is 132 Å². The first-order chi connectivity index (χ1) is 27.9. The lowest BCUT2D eigenvalue weighted by Gasteiger charge is -2.29. The van der Waals surface area contributed by atoms with Crippen LogP contribution >= 0.6 is 0 Å². The van der Waals surface area contributed by atoms with Crippen LogP contribution in [0.2, 0.25) is 0 Å². The Morgan fingerprint density at radius 3 is 1.52 bits per heavy atom. The molecule has 0 amide bonds. The van der Waals surface area contributed by atoms with Gasteiger partial charge in [0.1, 0.15) is 68.6 Å². The number of hydrogen-bond donors (Lipinski definition) is 0. The lowest BCUT2D eigenvalue weighted by Crippen LogP contribution is -2.50. The Labute approximate surface area is 349 Å². The number of aromatic nitrogens is 2. The van der Waals surface area contributed by atoms with Gasteiger partial charge in [0, 0.05) is 16.7 Å². The van der Waals surface area contributed by atoms with Crippen LogP contribution in [0.3, 0.4) is 0 Å². The molecule has 1 aliphatic carbocycles. The third kappa shape index (κ3) is 5.06. The molecular formula is C48H26B8N2. The summed E-state index contributed by atoms with van der Waals surface area (Å²) in [5.41, 5.74) is 12.9. The summed E-state index contributed by atoms with van der Waals surface area (Å²) in [5, 5.41) is 2.34. The van der Waals surface area contributed by atoms with Crippen LogP contribution in [0, 0.1) is 0 Å². The van der Waals surface area contributed by atoms with Gasteiger partial charge in [-0.25, -0.2) is 4.98 Å². The van der Waals surface area contributed by atoms with E-state index in [0.717, 1.165) is 50.4 Å². The van der Waals surface area contributed by atoms with Crippen molar-refractivity contribution in [1.82, 2.24) is 9.55 Å². The molecule has 0 aliphatic heterocycles. The zero-order valence-electron chi connectivity index (χ0n) is 32.1. The van der Waals surface area contributed by atoms with Crippen LogP contribution in [0.5, 0.6) is 0 Å². The van der Waals surface area contributed by atoms with Gasteiger partial charge < -0.3 is 0 Å². The molecular weight excluding hydrogens is 691 g/mol. The summed E-state index contributed by atoms with van der Waals surface area (Å²) in [7, 11) is 55.0. The summed E-state index contributed by atoms with van der Waals surface area (Å²) in [5.74, 6) is 0.816. The van der Waals surface area contributed by atoms with Crippen LogP contribution in [0.15, 0.2) is 121 Å². The Balaban J connectivity index is 1.30. The number of benzene rings is 8. The van der Waals surface area contributed by atoms with Gasteiger partial charge in [0.05, 0.1) is 11.0 Å². The van der Waals surface area contributed by atoms with E-state index in [2.05, 4.69) is 79.1 Å². The molecule has 10 heteroatoms. The van der Waals surface area contributed by atoms with Gasteiger partial charge in [0.2, 0.25) is 0 Å². The van der Waals surface area contributed by atoms with E-state index in [0.29, 0.717) is 32.7 Å². The SMILES string of the molecule is [B]c1c([B])c([B])c2c(-c3ccc4c(c3)C(C)(C)c3ccccc3-4)c3c([B])c([B])c([B])c([B])c3c(-c3ccc(-n4c(-c5ccccc5)nc5ccccc54)cc3)c2c1[B]. The second-order valence-corrected chi connectivity index (χ2v) is 15.7. The predicted molar refractivity (Wildman–Crippen MR) is 253 cm³/mol. The molecule has 8 aromatic carbocycles. The predicted octanol–water partition coefficient (Wildman–Crippen LogP) is 2.99. The molecule has 0 unspecified atom stereocenters. The first-order valence-electron chi connectivity index (χ1n) is 19.1. The molecule has 0 spiro atoms. The molecule has 0 saturated carbocycles. The van der Waals surface area contributed by atoms with E-state index in [1.807, 2.05) is 60.7 Å². The minimum atomic E-state index is -0.293. The zero-order chi connectivity index (χ0) is 40.4. The van der Waals surface area contributed by atoms with Crippen molar-refractivity contribution in [3.8, 4) is 50.5 Å². The monoisotopic (exact) mass is 718 g/mol. The smallest absolute Gasteiger partial charge is 0.145 e. The molecule has 2 nitrogen and oxygen atoms in total. The Hall–Kier alpha value is -5.73. The van der Waals surface area contributed by atoms with Gasteiger partial charge in [-0.1, -0.05) is 127 Å². The maximum Gasteiger partial charge on any atom is 0.145 e. The summed E-state index contributed by atoms with van der Waals surface area (Å²) < 4.78 is 2.15. The largest absolute Gasteiger partial charge is 0.292 e. The van der Waals surface area contributed by atoms with E-state index < -0.39 is 0 Å². The average molecular weight is 717 g/mol. The Morgan fingerprint density at radius 1 is 0.431 bits per heavy atom.